The summed E-state index contributed by atoms with van der Waals surface area (Å²) < 4.78 is 3.13. The molecule has 0 amide bonds. The minimum atomic E-state index is 1.05. The second kappa shape index (κ2) is 3.47. The molecule has 1 aromatic rings. The van der Waals surface area contributed by atoms with Gasteiger partial charge in [-0.25, -0.2) is 9.66 Å². The highest BCUT2D eigenvalue weighted by atomic mass is 79.9. The summed E-state index contributed by atoms with van der Waals surface area (Å²) in [6, 6.07) is 0. The fourth-order valence-corrected chi connectivity index (χ4v) is 2.01. The van der Waals surface area contributed by atoms with Crippen molar-refractivity contribution in [1.29, 1.82) is 0 Å². The molecule has 0 atom stereocenters. The Hall–Kier alpha value is -0.510. The van der Waals surface area contributed by atoms with Crippen LogP contribution < -0.4 is 5.01 Å². The number of hydrogen-bond acceptors (Lipinski definition) is 2. The van der Waals surface area contributed by atoms with E-state index in [1.807, 2.05) is 12.5 Å². The van der Waals surface area contributed by atoms with E-state index < -0.39 is 0 Å². The fraction of sp³-hybridized carbons (Fsp3) is 0.625. The van der Waals surface area contributed by atoms with Crippen LogP contribution in [0.4, 0.5) is 0 Å². The molecule has 2 heterocycles. The second-order valence-corrected chi connectivity index (χ2v) is 3.89. The summed E-state index contributed by atoms with van der Waals surface area (Å²) in [5.41, 5.74) is 0. The van der Waals surface area contributed by atoms with Crippen molar-refractivity contribution in [3.63, 3.8) is 0 Å². The number of halogens is 1. The van der Waals surface area contributed by atoms with Gasteiger partial charge in [0.25, 0.3) is 0 Å². The first kappa shape index (κ1) is 8.10. The highest BCUT2D eigenvalue weighted by Crippen LogP contribution is 2.13. The minimum absolute atomic E-state index is 1.05. The van der Waals surface area contributed by atoms with Crippen LogP contribution in [0.25, 0.3) is 0 Å². The molecule has 66 valence electrons. The number of hydrogen-bond donors (Lipinski definition) is 0. The third-order valence-corrected chi connectivity index (χ3v) is 2.78. The van der Waals surface area contributed by atoms with Crippen LogP contribution in [0, 0.1) is 0 Å². The standard InChI is InChI=1S/C8H12BrN3/c9-8-6-10-7-12(8)11-4-2-1-3-5-11/h6-7H,1-5H2. The molecule has 0 aromatic carbocycles. The Balaban J connectivity index is 2.13. The van der Waals surface area contributed by atoms with Crippen molar-refractivity contribution >= 4 is 15.9 Å². The average molecular weight is 230 g/mol. The number of imidazole rings is 1. The van der Waals surface area contributed by atoms with E-state index in [0.717, 1.165) is 17.7 Å². The van der Waals surface area contributed by atoms with Crippen molar-refractivity contribution < 1.29 is 0 Å². The maximum Gasteiger partial charge on any atom is 0.125 e. The van der Waals surface area contributed by atoms with Gasteiger partial charge in [0.2, 0.25) is 0 Å². The van der Waals surface area contributed by atoms with Gasteiger partial charge in [-0.3, -0.25) is 0 Å². The maximum absolute atomic E-state index is 4.07. The lowest BCUT2D eigenvalue weighted by Gasteiger charge is -2.29. The van der Waals surface area contributed by atoms with Crippen molar-refractivity contribution in [2.75, 3.05) is 18.1 Å². The molecule has 1 aliphatic heterocycles. The predicted molar refractivity (Wildman–Crippen MR) is 51.7 cm³/mol. The largest absolute Gasteiger partial charge is 0.311 e. The van der Waals surface area contributed by atoms with E-state index in [-0.39, 0.29) is 0 Å². The van der Waals surface area contributed by atoms with Gasteiger partial charge in [0.05, 0.1) is 6.20 Å². The Morgan fingerprint density at radius 1 is 1.25 bits per heavy atom. The predicted octanol–water partition coefficient (Wildman–Crippen LogP) is 1.77. The molecule has 2 rings (SSSR count). The molecular formula is C8H12BrN3. The molecule has 0 bridgehead atoms. The van der Waals surface area contributed by atoms with Crippen molar-refractivity contribution in [2.24, 2.45) is 0 Å². The molecule has 1 aliphatic rings. The number of nitrogens with zero attached hydrogens (tertiary/aromatic N) is 3. The van der Waals surface area contributed by atoms with Crippen LogP contribution >= 0.6 is 15.9 Å². The normalized spacial score (nSPS) is 18.2. The number of piperidine rings is 1. The van der Waals surface area contributed by atoms with E-state index in [4.69, 9.17) is 0 Å². The SMILES string of the molecule is Brc1cncn1N1CCCCC1. The smallest absolute Gasteiger partial charge is 0.125 e. The highest BCUT2D eigenvalue weighted by Gasteiger charge is 2.11. The Labute approximate surface area is 80.5 Å². The molecule has 0 radical (unpaired) electrons. The van der Waals surface area contributed by atoms with Gasteiger partial charge >= 0.3 is 0 Å². The van der Waals surface area contributed by atoms with E-state index >= 15 is 0 Å². The van der Waals surface area contributed by atoms with Crippen molar-refractivity contribution in [3.05, 3.63) is 17.1 Å². The Bertz CT molecular complexity index is 253. The third-order valence-electron chi connectivity index (χ3n) is 2.21. The third kappa shape index (κ3) is 1.48. The van der Waals surface area contributed by atoms with Gasteiger partial charge in [-0.05, 0) is 35.2 Å². The molecule has 12 heavy (non-hydrogen) atoms. The van der Waals surface area contributed by atoms with Crippen LogP contribution in [0.5, 0.6) is 0 Å². The maximum atomic E-state index is 4.07. The van der Waals surface area contributed by atoms with Gasteiger partial charge < -0.3 is 5.01 Å². The summed E-state index contributed by atoms with van der Waals surface area (Å²) in [7, 11) is 0. The molecule has 1 saturated heterocycles. The first-order valence-corrected chi connectivity index (χ1v) is 5.10. The molecule has 0 unspecified atom stereocenters. The monoisotopic (exact) mass is 229 g/mol. The quantitative estimate of drug-likeness (QED) is 0.733. The number of rotatable bonds is 1. The Morgan fingerprint density at radius 2 is 2.00 bits per heavy atom. The zero-order valence-electron chi connectivity index (χ0n) is 6.91. The molecule has 1 aromatic heterocycles. The molecule has 1 fully saturated rings. The van der Waals surface area contributed by atoms with Crippen LogP contribution in [-0.2, 0) is 0 Å². The van der Waals surface area contributed by atoms with Crippen LogP contribution in [-0.4, -0.2) is 22.7 Å². The van der Waals surface area contributed by atoms with Crippen molar-refractivity contribution in [3.8, 4) is 0 Å². The molecule has 0 N–H and O–H groups in total. The zero-order valence-corrected chi connectivity index (χ0v) is 8.50. The van der Waals surface area contributed by atoms with Crippen LogP contribution in [0.15, 0.2) is 17.1 Å². The van der Waals surface area contributed by atoms with E-state index in [2.05, 4.69) is 30.6 Å². The van der Waals surface area contributed by atoms with Gasteiger partial charge in [0, 0.05) is 13.1 Å². The summed E-state index contributed by atoms with van der Waals surface area (Å²) in [6.45, 7) is 2.30. The van der Waals surface area contributed by atoms with Crippen LogP contribution in [0.3, 0.4) is 0 Å². The Kier molecular flexibility index (Phi) is 2.35. The van der Waals surface area contributed by atoms with Gasteiger partial charge in [-0.2, -0.15) is 0 Å². The lowest BCUT2D eigenvalue weighted by molar-refractivity contribution is 0.474. The second-order valence-electron chi connectivity index (χ2n) is 3.08. The van der Waals surface area contributed by atoms with E-state index in [1.165, 1.54) is 19.3 Å². The van der Waals surface area contributed by atoms with Gasteiger partial charge in [0.15, 0.2) is 0 Å². The summed E-state index contributed by atoms with van der Waals surface area (Å²) in [4.78, 5) is 4.07. The van der Waals surface area contributed by atoms with E-state index in [1.54, 1.807) is 0 Å². The zero-order chi connectivity index (χ0) is 8.39. The van der Waals surface area contributed by atoms with E-state index in [0.29, 0.717) is 0 Å². The number of aromatic nitrogens is 2. The minimum Gasteiger partial charge on any atom is -0.311 e. The van der Waals surface area contributed by atoms with Gasteiger partial charge in [0.1, 0.15) is 10.9 Å². The molecule has 3 nitrogen and oxygen atoms in total. The molecule has 0 aliphatic carbocycles. The van der Waals surface area contributed by atoms with Gasteiger partial charge in [-0.1, -0.05) is 0 Å². The highest BCUT2D eigenvalue weighted by molar-refractivity contribution is 9.10. The molecular weight excluding hydrogens is 218 g/mol. The van der Waals surface area contributed by atoms with Crippen LogP contribution in [0.2, 0.25) is 0 Å². The first-order chi connectivity index (χ1) is 5.88. The first-order valence-electron chi connectivity index (χ1n) is 4.31. The fourth-order valence-electron chi connectivity index (χ4n) is 1.57. The van der Waals surface area contributed by atoms with Gasteiger partial charge in [-0.15, -0.1) is 0 Å². The van der Waals surface area contributed by atoms with Crippen LogP contribution in [0.1, 0.15) is 19.3 Å². The molecule has 4 heteroatoms. The summed E-state index contributed by atoms with van der Waals surface area (Å²) in [5, 5.41) is 2.32. The lowest BCUT2D eigenvalue weighted by atomic mass is 10.2. The Morgan fingerprint density at radius 3 is 2.58 bits per heavy atom. The van der Waals surface area contributed by atoms with Crippen molar-refractivity contribution in [1.82, 2.24) is 9.66 Å². The van der Waals surface area contributed by atoms with E-state index in [9.17, 15) is 0 Å². The average Bonchev–Trinajstić information content (AvgIpc) is 2.53. The summed E-state index contributed by atoms with van der Waals surface area (Å²) in [5.74, 6) is 0. The lowest BCUT2D eigenvalue weighted by Crippen LogP contribution is -2.38. The summed E-state index contributed by atoms with van der Waals surface area (Å²) in [6.07, 6.45) is 7.64. The molecule has 0 saturated carbocycles. The molecule has 0 spiro atoms. The van der Waals surface area contributed by atoms with Crippen molar-refractivity contribution in [2.45, 2.75) is 19.3 Å². The summed E-state index contributed by atoms with van der Waals surface area (Å²) >= 11 is 3.46. The topological polar surface area (TPSA) is 21.1 Å².